The number of fused-ring (bicyclic) bond motifs is 9. The molecule has 0 unspecified atom stereocenters. The van der Waals surface area contributed by atoms with Crippen LogP contribution in [0, 0.1) is 6.92 Å². The quantitative estimate of drug-likeness (QED) is 0.0568. The van der Waals surface area contributed by atoms with Crippen molar-refractivity contribution in [2.24, 2.45) is 0 Å². The van der Waals surface area contributed by atoms with E-state index in [1.165, 1.54) is 181 Å². The third-order valence-corrected chi connectivity index (χ3v) is 18.4. The van der Waals surface area contributed by atoms with Gasteiger partial charge in [-0.25, -0.2) is 0 Å². The Labute approximate surface area is 487 Å². The van der Waals surface area contributed by atoms with Crippen LogP contribution in [0.2, 0.25) is 0 Å². The highest BCUT2D eigenvalue weighted by molar-refractivity contribution is 9.10. The van der Waals surface area contributed by atoms with Crippen molar-refractivity contribution >= 4 is 75.5 Å². The molecule has 1 N–H and O–H groups in total. The molecule has 1 aliphatic rings. The summed E-state index contributed by atoms with van der Waals surface area (Å²) in [5, 5.41) is 19.3. The second-order valence-electron chi connectivity index (χ2n) is 23.2. The number of hydrogen-bond donors (Lipinski definition) is 1. The molecule has 2 aromatic heterocycles. The first-order chi connectivity index (χ1) is 38.7. The molecule has 406 valence electrons. The summed E-state index contributed by atoms with van der Waals surface area (Å²) in [6.07, 6.45) is 26.6. The molecule has 8 aromatic carbocycles. The van der Waals surface area contributed by atoms with Gasteiger partial charge in [0.1, 0.15) is 5.60 Å². The van der Waals surface area contributed by atoms with Crippen LogP contribution >= 0.6 is 31.9 Å². The number of halogens is 2. The Morgan fingerprint density at radius 3 is 1.18 bits per heavy atom. The molecule has 3 nitrogen and oxygen atoms in total. The van der Waals surface area contributed by atoms with Gasteiger partial charge in [0.25, 0.3) is 0 Å². The van der Waals surface area contributed by atoms with E-state index in [0.29, 0.717) is 0 Å². The van der Waals surface area contributed by atoms with E-state index in [2.05, 4.69) is 220 Å². The standard InChI is InChI=1S/C74H80Br2N2O/c1-5-8-11-14-17-20-23-52-27-41-71-64(45-52)63-44-51(4)26-40-70(63)77(71)58-34-30-55(31-35-58)60-39-36-59(50-69(60)74(79)67-48-56(75)32-37-61(67)62-38-33-57(76)49-68(62)74)78-72-42-28-53(24-21-18-15-12-9-6-2)46-65(72)66-47-54(29-43-73(66)78)25-22-19-16-13-10-7-3/h26-50,79H,5-25H2,1-4H3. The van der Waals surface area contributed by atoms with Crippen LogP contribution in [-0.4, -0.2) is 14.2 Å². The summed E-state index contributed by atoms with van der Waals surface area (Å²) >= 11 is 7.69. The fraction of sp³-hybridized carbons (Fsp3) is 0.351. The minimum absolute atomic E-state index is 0.855. The zero-order chi connectivity index (χ0) is 54.5. The Morgan fingerprint density at radius 2 is 0.722 bits per heavy atom. The number of rotatable bonds is 25. The lowest BCUT2D eigenvalue weighted by molar-refractivity contribution is 0.131. The fourth-order valence-electron chi connectivity index (χ4n) is 13.2. The zero-order valence-electron chi connectivity index (χ0n) is 47.4. The largest absolute Gasteiger partial charge is 0.376 e. The van der Waals surface area contributed by atoms with Gasteiger partial charge in [-0.3, -0.25) is 0 Å². The molecule has 0 saturated carbocycles. The van der Waals surface area contributed by atoms with Gasteiger partial charge in [-0.15, -0.1) is 0 Å². The number of aliphatic hydroxyl groups is 1. The number of hydrogen-bond acceptors (Lipinski definition) is 1. The third-order valence-electron chi connectivity index (χ3n) is 17.5. The van der Waals surface area contributed by atoms with Crippen LogP contribution in [0.5, 0.6) is 0 Å². The van der Waals surface area contributed by atoms with Crippen LogP contribution in [0.15, 0.2) is 161 Å². The SMILES string of the molecule is CCCCCCCCc1ccc2c(c1)c1cc(C)ccc1n2-c1ccc(-c2ccc(-n3c4ccc(CCCCCCCC)cc4c4cc(CCCCCCCC)ccc43)cc2C2(O)c3cc(Br)ccc3-c3ccc(Br)cc32)cc1. The van der Waals surface area contributed by atoms with E-state index < -0.39 is 5.60 Å². The van der Waals surface area contributed by atoms with Crippen molar-refractivity contribution in [2.75, 3.05) is 0 Å². The molecular weight excluding hydrogens is 1090 g/mol. The molecule has 0 radical (unpaired) electrons. The van der Waals surface area contributed by atoms with Crippen molar-refractivity contribution in [2.45, 2.75) is 168 Å². The molecular formula is C74H80Br2N2O. The van der Waals surface area contributed by atoms with Gasteiger partial charge >= 0.3 is 0 Å². The highest BCUT2D eigenvalue weighted by Crippen LogP contribution is 2.55. The van der Waals surface area contributed by atoms with Crippen LogP contribution in [0.4, 0.5) is 0 Å². The Morgan fingerprint density at radius 1 is 0.354 bits per heavy atom. The number of benzene rings is 8. The lowest BCUT2D eigenvalue weighted by atomic mass is 9.80. The molecule has 0 aliphatic heterocycles. The van der Waals surface area contributed by atoms with E-state index in [9.17, 15) is 5.11 Å². The fourth-order valence-corrected chi connectivity index (χ4v) is 13.9. The molecule has 10 aromatic rings. The summed E-state index contributed by atoms with van der Waals surface area (Å²) in [5.74, 6) is 0. The highest BCUT2D eigenvalue weighted by atomic mass is 79.9. The van der Waals surface area contributed by atoms with Gasteiger partial charge in [-0.05, 0) is 181 Å². The van der Waals surface area contributed by atoms with Gasteiger partial charge in [0.2, 0.25) is 0 Å². The van der Waals surface area contributed by atoms with Gasteiger partial charge in [0, 0.05) is 58.6 Å². The number of aromatic nitrogens is 2. The predicted octanol–water partition coefficient (Wildman–Crippen LogP) is 22.4. The molecule has 11 rings (SSSR count). The second-order valence-corrected chi connectivity index (χ2v) is 25.0. The minimum Gasteiger partial charge on any atom is -0.376 e. The maximum absolute atomic E-state index is 14.1. The van der Waals surface area contributed by atoms with E-state index in [1.807, 2.05) is 0 Å². The van der Waals surface area contributed by atoms with Crippen LogP contribution in [-0.2, 0) is 24.9 Å². The summed E-state index contributed by atoms with van der Waals surface area (Å²) in [4.78, 5) is 0. The van der Waals surface area contributed by atoms with E-state index >= 15 is 0 Å². The van der Waals surface area contributed by atoms with Crippen LogP contribution in [0.25, 0.3) is 77.2 Å². The first kappa shape index (κ1) is 55.2. The van der Waals surface area contributed by atoms with Gasteiger partial charge < -0.3 is 14.2 Å². The lowest BCUT2D eigenvalue weighted by Gasteiger charge is -2.30. The predicted molar refractivity (Wildman–Crippen MR) is 346 cm³/mol. The molecule has 0 fully saturated rings. The minimum atomic E-state index is -1.48. The van der Waals surface area contributed by atoms with Crippen molar-refractivity contribution < 1.29 is 5.11 Å². The highest BCUT2D eigenvalue weighted by Gasteiger charge is 2.45. The maximum Gasteiger partial charge on any atom is 0.142 e. The zero-order valence-corrected chi connectivity index (χ0v) is 50.6. The first-order valence-electron chi connectivity index (χ1n) is 30.4. The molecule has 0 spiro atoms. The van der Waals surface area contributed by atoms with Crippen molar-refractivity contribution in [1.82, 2.24) is 9.13 Å². The first-order valence-corrected chi connectivity index (χ1v) is 31.9. The van der Waals surface area contributed by atoms with Crippen molar-refractivity contribution in [3.8, 4) is 33.6 Å². The topological polar surface area (TPSA) is 30.1 Å². The van der Waals surface area contributed by atoms with Gasteiger partial charge in [0.15, 0.2) is 0 Å². The molecule has 5 heteroatoms. The number of aryl methyl sites for hydroxylation is 4. The summed E-state index contributed by atoms with van der Waals surface area (Å²) in [5.41, 5.74) is 17.8. The van der Waals surface area contributed by atoms with Crippen molar-refractivity contribution in [1.29, 1.82) is 0 Å². The number of unbranched alkanes of at least 4 members (excludes halogenated alkanes) is 15. The molecule has 2 heterocycles. The van der Waals surface area contributed by atoms with Gasteiger partial charge in [0.05, 0.1) is 22.1 Å². The summed E-state index contributed by atoms with van der Waals surface area (Å²) in [7, 11) is 0. The molecule has 79 heavy (non-hydrogen) atoms. The van der Waals surface area contributed by atoms with E-state index in [-0.39, 0.29) is 0 Å². The molecule has 1 aliphatic carbocycles. The second kappa shape index (κ2) is 25.0. The van der Waals surface area contributed by atoms with Gasteiger partial charge in [-0.1, -0.05) is 209 Å². The smallest absolute Gasteiger partial charge is 0.142 e. The maximum atomic E-state index is 14.1. The average molecular weight is 1170 g/mol. The van der Waals surface area contributed by atoms with E-state index in [4.69, 9.17) is 0 Å². The summed E-state index contributed by atoms with van der Waals surface area (Å²) in [6, 6.07) is 57.3. The average Bonchev–Trinajstić information content (AvgIpc) is 4.22. The molecule has 0 amide bonds. The van der Waals surface area contributed by atoms with E-state index in [0.717, 1.165) is 78.5 Å². The van der Waals surface area contributed by atoms with Crippen LogP contribution < -0.4 is 0 Å². The van der Waals surface area contributed by atoms with Gasteiger partial charge in [-0.2, -0.15) is 0 Å². The lowest BCUT2D eigenvalue weighted by Crippen LogP contribution is -2.27. The Balaban J connectivity index is 1.03. The van der Waals surface area contributed by atoms with Crippen molar-refractivity contribution in [3.05, 3.63) is 200 Å². The number of nitrogens with zero attached hydrogens (tertiary/aromatic N) is 2. The van der Waals surface area contributed by atoms with Crippen LogP contribution in [0.1, 0.15) is 175 Å². The van der Waals surface area contributed by atoms with Crippen molar-refractivity contribution in [3.63, 3.8) is 0 Å². The Kier molecular flexibility index (Phi) is 17.4. The van der Waals surface area contributed by atoms with E-state index in [1.54, 1.807) is 0 Å². The van der Waals surface area contributed by atoms with Crippen LogP contribution in [0.3, 0.4) is 0 Å². The monoisotopic (exact) mass is 1170 g/mol. The Bertz CT molecular complexity index is 3640. The normalized spacial score (nSPS) is 12.9. The molecule has 0 saturated heterocycles. The summed E-state index contributed by atoms with van der Waals surface area (Å²) < 4.78 is 6.78. The summed E-state index contributed by atoms with van der Waals surface area (Å²) in [6.45, 7) is 9.09. The molecule has 0 bridgehead atoms. The Hall–Kier alpha value is -5.72. The molecule has 0 atom stereocenters. The third kappa shape index (κ3) is 11.4.